The lowest BCUT2D eigenvalue weighted by Crippen LogP contribution is -2.00. The van der Waals surface area contributed by atoms with Crippen molar-refractivity contribution in [2.24, 2.45) is 0 Å². The van der Waals surface area contributed by atoms with Gasteiger partial charge < -0.3 is 9.15 Å². The van der Waals surface area contributed by atoms with Crippen LogP contribution in [0.2, 0.25) is 5.15 Å². The lowest BCUT2D eigenvalue weighted by Gasteiger charge is -2.04. The minimum atomic E-state index is 0.279. The number of hydrogen-bond acceptors (Lipinski definition) is 6. The molecule has 0 N–H and O–H groups in total. The van der Waals surface area contributed by atoms with E-state index in [0.717, 1.165) is 11.5 Å². The Balaban J connectivity index is 0.000000774. The largest absolute Gasteiger partial charge is 0.470 e. The van der Waals surface area contributed by atoms with Crippen LogP contribution in [0.25, 0.3) is 11.0 Å². The van der Waals surface area contributed by atoms with Crippen LogP contribution in [0.15, 0.2) is 29.3 Å². The fourth-order valence-electron chi connectivity index (χ4n) is 1.57. The zero-order valence-electron chi connectivity index (χ0n) is 12.0. The number of nitrogens with zero attached hydrogens (tertiary/aromatic N) is 4. The van der Waals surface area contributed by atoms with E-state index in [1.807, 2.05) is 20.8 Å². The molecule has 3 aromatic heterocycles. The summed E-state index contributed by atoms with van der Waals surface area (Å²) in [5.41, 5.74) is 1.91. The van der Waals surface area contributed by atoms with Crippen molar-refractivity contribution in [1.29, 1.82) is 0 Å². The molecule has 0 fully saturated rings. The Morgan fingerprint density at radius 1 is 1.24 bits per heavy atom. The van der Waals surface area contributed by atoms with Crippen molar-refractivity contribution in [1.82, 2.24) is 19.9 Å². The van der Waals surface area contributed by atoms with E-state index >= 15 is 0 Å². The Labute approximate surface area is 127 Å². The summed E-state index contributed by atoms with van der Waals surface area (Å²) >= 11 is 5.91. The SMILES string of the molecule is CC.Cc1ocnc1COc1cnc2c(Cl)nccc2n1. The molecule has 0 aromatic carbocycles. The van der Waals surface area contributed by atoms with Crippen LogP contribution in [0, 0.1) is 6.92 Å². The van der Waals surface area contributed by atoms with Crippen molar-refractivity contribution >= 4 is 22.6 Å². The summed E-state index contributed by atoms with van der Waals surface area (Å²) in [7, 11) is 0. The van der Waals surface area contributed by atoms with E-state index in [4.69, 9.17) is 20.8 Å². The number of aromatic nitrogens is 4. The fourth-order valence-corrected chi connectivity index (χ4v) is 1.78. The topological polar surface area (TPSA) is 73.9 Å². The van der Waals surface area contributed by atoms with Gasteiger partial charge >= 0.3 is 0 Å². The molecule has 110 valence electrons. The van der Waals surface area contributed by atoms with E-state index in [-0.39, 0.29) is 6.61 Å². The molecule has 0 spiro atoms. The summed E-state index contributed by atoms with van der Waals surface area (Å²) in [5.74, 6) is 1.12. The van der Waals surface area contributed by atoms with Gasteiger partial charge in [-0.15, -0.1) is 0 Å². The van der Waals surface area contributed by atoms with Crippen molar-refractivity contribution in [2.75, 3.05) is 0 Å². The molecule has 3 aromatic rings. The second-order valence-electron chi connectivity index (χ2n) is 3.82. The molecular weight excluding hydrogens is 292 g/mol. The first-order valence-corrected chi connectivity index (χ1v) is 6.91. The summed E-state index contributed by atoms with van der Waals surface area (Å²) < 4.78 is 10.6. The van der Waals surface area contributed by atoms with Gasteiger partial charge in [-0.3, -0.25) is 0 Å². The van der Waals surface area contributed by atoms with Gasteiger partial charge in [0, 0.05) is 6.20 Å². The van der Waals surface area contributed by atoms with E-state index < -0.39 is 0 Å². The van der Waals surface area contributed by atoms with Crippen molar-refractivity contribution in [3.05, 3.63) is 41.5 Å². The smallest absolute Gasteiger partial charge is 0.233 e. The van der Waals surface area contributed by atoms with Crippen LogP contribution >= 0.6 is 11.6 Å². The van der Waals surface area contributed by atoms with Gasteiger partial charge in [0.15, 0.2) is 11.5 Å². The van der Waals surface area contributed by atoms with Gasteiger partial charge in [0.2, 0.25) is 5.88 Å². The zero-order chi connectivity index (χ0) is 15.2. The Hall–Kier alpha value is -2.21. The molecule has 0 unspecified atom stereocenters. The average molecular weight is 307 g/mol. The quantitative estimate of drug-likeness (QED) is 0.689. The van der Waals surface area contributed by atoms with Crippen molar-refractivity contribution < 1.29 is 9.15 Å². The normalized spacial score (nSPS) is 10.1. The average Bonchev–Trinajstić information content (AvgIpc) is 2.93. The van der Waals surface area contributed by atoms with Crippen molar-refractivity contribution in [3.8, 4) is 5.88 Å². The number of fused-ring (bicyclic) bond motifs is 1. The third-order valence-corrected chi connectivity index (χ3v) is 2.87. The molecule has 0 saturated carbocycles. The van der Waals surface area contributed by atoms with Gasteiger partial charge in [-0.1, -0.05) is 25.4 Å². The van der Waals surface area contributed by atoms with Crippen LogP contribution in [0.3, 0.4) is 0 Å². The highest BCUT2D eigenvalue weighted by atomic mass is 35.5. The third kappa shape index (κ3) is 3.46. The summed E-state index contributed by atoms with van der Waals surface area (Å²) in [5, 5.41) is 0.323. The highest BCUT2D eigenvalue weighted by Gasteiger charge is 2.07. The Morgan fingerprint density at radius 2 is 2.05 bits per heavy atom. The van der Waals surface area contributed by atoms with Crippen LogP contribution in [-0.4, -0.2) is 19.9 Å². The van der Waals surface area contributed by atoms with Crippen molar-refractivity contribution in [3.63, 3.8) is 0 Å². The van der Waals surface area contributed by atoms with E-state index in [0.29, 0.717) is 22.1 Å². The second kappa shape index (κ2) is 6.99. The molecular formula is C14H15ClN4O2. The van der Waals surface area contributed by atoms with Crippen LogP contribution in [-0.2, 0) is 6.61 Å². The predicted molar refractivity (Wildman–Crippen MR) is 79.3 cm³/mol. The van der Waals surface area contributed by atoms with Gasteiger partial charge in [-0.25, -0.2) is 19.9 Å². The first kappa shape index (κ1) is 15.2. The Bertz CT molecular complexity index is 730. The van der Waals surface area contributed by atoms with Crippen LogP contribution < -0.4 is 4.74 Å². The molecule has 3 heterocycles. The molecule has 21 heavy (non-hydrogen) atoms. The first-order chi connectivity index (χ1) is 10.2. The molecule has 0 atom stereocenters. The Morgan fingerprint density at radius 3 is 2.76 bits per heavy atom. The molecule has 3 rings (SSSR count). The molecule has 0 aliphatic carbocycles. The molecule has 0 saturated heterocycles. The van der Waals surface area contributed by atoms with Crippen LogP contribution in [0.4, 0.5) is 0 Å². The van der Waals surface area contributed by atoms with E-state index in [1.54, 1.807) is 12.3 Å². The van der Waals surface area contributed by atoms with Gasteiger partial charge in [0.1, 0.15) is 23.6 Å². The number of aryl methyl sites for hydroxylation is 1. The Kier molecular flexibility index (Phi) is 5.05. The zero-order valence-corrected chi connectivity index (χ0v) is 12.8. The molecule has 0 aliphatic rings. The maximum atomic E-state index is 5.91. The lowest BCUT2D eigenvalue weighted by atomic mass is 10.4. The molecule has 7 heteroatoms. The summed E-state index contributed by atoms with van der Waals surface area (Å²) in [6.07, 6.45) is 4.46. The van der Waals surface area contributed by atoms with Crippen LogP contribution in [0.5, 0.6) is 5.88 Å². The monoisotopic (exact) mass is 306 g/mol. The highest BCUT2D eigenvalue weighted by molar-refractivity contribution is 6.33. The van der Waals surface area contributed by atoms with E-state index in [9.17, 15) is 0 Å². The molecule has 6 nitrogen and oxygen atoms in total. The van der Waals surface area contributed by atoms with Crippen molar-refractivity contribution in [2.45, 2.75) is 27.4 Å². The summed E-state index contributed by atoms with van der Waals surface area (Å²) in [6, 6.07) is 1.72. The van der Waals surface area contributed by atoms with E-state index in [1.165, 1.54) is 12.6 Å². The summed E-state index contributed by atoms with van der Waals surface area (Å²) in [4.78, 5) is 16.4. The van der Waals surface area contributed by atoms with Gasteiger partial charge in [-0.2, -0.15) is 0 Å². The molecule has 0 aliphatic heterocycles. The maximum Gasteiger partial charge on any atom is 0.233 e. The predicted octanol–water partition coefficient (Wildman–Crippen LogP) is 3.58. The maximum absolute atomic E-state index is 5.91. The van der Waals surface area contributed by atoms with Gasteiger partial charge in [-0.05, 0) is 13.0 Å². The minimum Gasteiger partial charge on any atom is -0.470 e. The lowest BCUT2D eigenvalue weighted by molar-refractivity contribution is 0.287. The third-order valence-electron chi connectivity index (χ3n) is 2.59. The fraction of sp³-hybridized carbons (Fsp3) is 0.286. The number of oxazole rings is 1. The van der Waals surface area contributed by atoms with Crippen LogP contribution in [0.1, 0.15) is 25.3 Å². The summed E-state index contributed by atoms with van der Waals surface area (Å²) in [6.45, 7) is 6.10. The number of halogens is 1. The number of rotatable bonds is 3. The molecule has 0 radical (unpaired) electrons. The first-order valence-electron chi connectivity index (χ1n) is 6.53. The highest BCUT2D eigenvalue weighted by Crippen LogP contribution is 2.19. The molecule has 0 bridgehead atoms. The van der Waals surface area contributed by atoms with E-state index in [2.05, 4.69) is 19.9 Å². The molecule has 0 amide bonds. The number of pyridine rings is 1. The number of hydrogen-bond donors (Lipinski definition) is 0. The minimum absolute atomic E-state index is 0.279. The van der Waals surface area contributed by atoms with Gasteiger partial charge in [0.05, 0.1) is 11.7 Å². The second-order valence-corrected chi connectivity index (χ2v) is 4.18. The van der Waals surface area contributed by atoms with Gasteiger partial charge in [0.25, 0.3) is 0 Å². The number of ether oxygens (including phenoxy) is 1. The standard InChI is InChI=1S/C12H9ClN4O2.C2H6/c1-7-9(16-6-19-7)5-18-10-4-15-11-8(17-10)2-3-14-12(11)13;1-2/h2-4,6H,5H2,1H3;1-2H3.